The predicted molar refractivity (Wildman–Crippen MR) is 137 cm³/mol. The van der Waals surface area contributed by atoms with Crippen LogP contribution in [0.5, 0.6) is 0 Å². The van der Waals surface area contributed by atoms with Gasteiger partial charge in [-0.3, -0.25) is 4.79 Å². The molecule has 4 bridgehead atoms. The molecule has 4 fully saturated rings. The Hall–Kier alpha value is -2.62. The molecule has 0 radical (unpaired) electrons. The van der Waals surface area contributed by atoms with Crippen LogP contribution in [0.4, 0.5) is 0 Å². The molecule has 4 saturated carbocycles. The third-order valence-corrected chi connectivity index (χ3v) is 9.62. The van der Waals surface area contributed by atoms with E-state index in [1.54, 1.807) is 11.3 Å². The number of nitrogens with one attached hydrogen (secondary N) is 1. The Balaban J connectivity index is 1.26. The fourth-order valence-electron chi connectivity index (χ4n) is 6.85. The quantitative estimate of drug-likeness (QED) is 0.403. The highest BCUT2D eigenvalue weighted by molar-refractivity contribution is 8.00. The number of thioether (sulfide) groups is 1. The van der Waals surface area contributed by atoms with Crippen molar-refractivity contribution in [2.24, 2.45) is 17.8 Å². The zero-order valence-electron chi connectivity index (χ0n) is 19.0. The van der Waals surface area contributed by atoms with Crippen LogP contribution in [0.15, 0.2) is 58.9 Å². The highest BCUT2D eigenvalue weighted by Crippen LogP contribution is 2.55. The Bertz CT molecular complexity index is 1210. The van der Waals surface area contributed by atoms with Gasteiger partial charge in [-0.2, -0.15) is 5.26 Å². The van der Waals surface area contributed by atoms with E-state index in [4.69, 9.17) is 4.98 Å². The van der Waals surface area contributed by atoms with Gasteiger partial charge in [0.15, 0.2) is 0 Å². The second-order valence-electron chi connectivity index (χ2n) is 10.2. The molecule has 4 aliphatic rings. The number of nitrogens with zero attached hydrogens (tertiary/aromatic N) is 2. The summed E-state index contributed by atoms with van der Waals surface area (Å²) < 4.78 is 0. The van der Waals surface area contributed by atoms with Crippen molar-refractivity contribution >= 4 is 29.0 Å². The smallest absolute Gasteiger partial charge is 0.230 e. The van der Waals surface area contributed by atoms with E-state index < -0.39 is 0 Å². The molecule has 0 unspecified atom stereocenters. The summed E-state index contributed by atoms with van der Waals surface area (Å²) in [4.78, 5) is 19.0. The zero-order chi connectivity index (χ0) is 23.1. The second kappa shape index (κ2) is 8.87. The van der Waals surface area contributed by atoms with E-state index in [0.717, 1.165) is 58.7 Å². The van der Waals surface area contributed by atoms with E-state index in [1.807, 2.05) is 53.9 Å². The van der Waals surface area contributed by atoms with Gasteiger partial charge in [0.2, 0.25) is 5.91 Å². The summed E-state index contributed by atoms with van der Waals surface area (Å²) in [5, 5.41) is 16.1. The van der Waals surface area contributed by atoms with E-state index in [2.05, 4.69) is 11.4 Å². The molecule has 34 heavy (non-hydrogen) atoms. The standard InChI is InChI=1S/C28H27N3OS2/c29-16-23-22(25-7-4-8-33-25)12-24(21-5-2-1-3-6-21)30-27(23)34-17-26(32)31-28-13-18-9-19(14-28)11-20(10-18)15-28/h1-8,12,18-20H,9-11,13-15,17H2,(H,31,32). The van der Waals surface area contributed by atoms with E-state index in [0.29, 0.717) is 10.6 Å². The van der Waals surface area contributed by atoms with Crippen molar-refractivity contribution in [1.29, 1.82) is 5.26 Å². The fraction of sp³-hybridized carbons (Fsp3) is 0.393. The van der Waals surface area contributed by atoms with Gasteiger partial charge in [-0.25, -0.2) is 4.98 Å². The molecule has 2 heterocycles. The Morgan fingerprint density at radius 2 is 1.79 bits per heavy atom. The molecule has 1 N–H and O–H groups in total. The number of hydrogen-bond donors (Lipinski definition) is 1. The summed E-state index contributed by atoms with van der Waals surface area (Å²) in [5.74, 6) is 2.73. The monoisotopic (exact) mass is 485 g/mol. The number of thiophene rings is 1. The number of aromatic nitrogens is 1. The van der Waals surface area contributed by atoms with Crippen LogP contribution < -0.4 is 5.32 Å². The minimum atomic E-state index is 0.00585. The molecule has 1 aromatic carbocycles. The van der Waals surface area contributed by atoms with Gasteiger partial charge >= 0.3 is 0 Å². The minimum Gasteiger partial charge on any atom is -0.350 e. The molecular weight excluding hydrogens is 458 g/mol. The normalized spacial score (nSPS) is 26.9. The first-order chi connectivity index (χ1) is 16.6. The topological polar surface area (TPSA) is 65.8 Å². The van der Waals surface area contributed by atoms with Gasteiger partial charge in [-0.15, -0.1) is 11.3 Å². The molecule has 0 saturated heterocycles. The molecule has 172 valence electrons. The molecule has 4 nitrogen and oxygen atoms in total. The van der Waals surface area contributed by atoms with Gasteiger partial charge in [-0.1, -0.05) is 48.2 Å². The molecule has 0 spiro atoms. The lowest BCUT2D eigenvalue weighted by molar-refractivity contribution is -0.124. The Kier molecular flexibility index (Phi) is 5.71. The summed E-state index contributed by atoms with van der Waals surface area (Å²) in [6.07, 6.45) is 7.50. The maximum atomic E-state index is 13.1. The minimum absolute atomic E-state index is 0.00585. The van der Waals surface area contributed by atoms with Crippen molar-refractivity contribution in [3.8, 4) is 27.8 Å². The number of hydrogen-bond acceptors (Lipinski definition) is 5. The van der Waals surface area contributed by atoms with Gasteiger partial charge in [0.05, 0.1) is 17.0 Å². The van der Waals surface area contributed by atoms with Gasteiger partial charge in [0.25, 0.3) is 0 Å². The molecule has 0 aliphatic heterocycles. The van der Waals surface area contributed by atoms with Crippen LogP contribution in [-0.2, 0) is 4.79 Å². The Labute approximate surface area is 208 Å². The summed E-state index contributed by atoms with van der Waals surface area (Å²) in [6.45, 7) is 0. The number of benzene rings is 1. The molecule has 0 atom stereocenters. The van der Waals surface area contributed by atoms with Crippen molar-refractivity contribution in [2.45, 2.75) is 49.1 Å². The first kappa shape index (κ1) is 21.9. The van der Waals surface area contributed by atoms with Crippen molar-refractivity contribution in [3.63, 3.8) is 0 Å². The Morgan fingerprint density at radius 1 is 1.09 bits per heavy atom. The number of carbonyl (C=O) groups is 1. The molecule has 7 rings (SSSR count). The maximum absolute atomic E-state index is 13.1. The lowest BCUT2D eigenvalue weighted by Gasteiger charge is -2.56. The van der Waals surface area contributed by atoms with Crippen LogP contribution in [0.1, 0.15) is 44.1 Å². The number of pyridine rings is 1. The third-order valence-electron chi connectivity index (χ3n) is 7.74. The molecule has 6 heteroatoms. The average molecular weight is 486 g/mol. The summed E-state index contributed by atoms with van der Waals surface area (Å²) in [6, 6.07) is 18.4. The van der Waals surface area contributed by atoms with Crippen LogP contribution >= 0.6 is 23.1 Å². The van der Waals surface area contributed by atoms with Gasteiger partial charge < -0.3 is 5.32 Å². The highest BCUT2D eigenvalue weighted by Gasteiger charge is 2.51. The Morgan fingerprint density at radius 3 is 2.41 bits per heavy atom. The molecule has 2 aromatic heterocycles. The van der Waals surface area contributed by atoms with E-state index >= 15 is 0 Å². The first-order valence-corrected chi connectivity index (χ1v) is 14.0. The second-order valence-corrected chi connectivity index (χ2v) is 12.1. The van der Waals surface area contributed by atoms with Crippen LogP contribution in [0.3, 0.4) is 0 Å². The highest BCUT2D eigenvalue weighted by atomic mass is 32.2. The van der Waals surface area contributed by atoms with Crippen LogP contribution in [0, 0.1) is 29.1 Å². The van der Waals surface area contributed by atoms with Gasteiger partial charge in [0, 0.05) is 21.5 Å². The molecule has 4 aliphatic carbocycles. The molecule has 3 aromatic rings. The summed E-state index contributed by atoms with van der Waals surface area (Å²) >= 11 is 3.00. The predicted octanol–water partition coefficient (Wildman–Crippen LogP) is 6.53. The fourth-order valence-corrected chi connectivity index (χ4v) is 8.40. The van der Waals surface area contributed by atoms with Gasteiger partial charge in [0.1, 0.15) is 11.1 Å². The van der Waals surface area contributed by atoms with E-state index in [1.165, 1.54) is 31.0 Å². The van der Waals surface area contributed by atoms with Crippen LogP contribution in [-0.4, -0.2) is 22.2 Å². The first-order valence-electron chi connectivity index (χ1n) is 12.1. The summed E-state index contributed by atoms with van der Waals surface area (Å²) in [5.41, 5.74) is 3.27. The number of amides is 1. The van der Waals surface area contributed by atoms with Crippen molar-refractivity contribution in [3.05, 3.63) is 59.5 Å². The van der Waals surface area contributed by atoms with Gasteiger partial charge in [-0.05, 0) is 73.8 Å². The largest absolute Gasteiger partial charge is 0.350 e. The van der Waals surface area contributed by atoms with Crippen LogP contribution in [0.2, 0.25) is 0 Å². The third kappa shape index (κ3) is 4.16. The molecular formula is C28H27N3OS2. The average Bonchev–Trinajstić information content (AvgIpc) is 3.36. The SMILES string of the molecule is N#Cc1c(-c2cccs2)cc(-c2ccccc2)nc1SCC(=O)NC12CC3CC(CC(C3)C1)C2. The van der Waals surface area contributed by atoms with Crippen molar-refractivity contribution in [1.82, 2.24) is 10.3 Å². The lowest BCUT2D eigenvalue weighted by Crippen LogP contribution is -2.60. The van der Waals surface area contributed by atoms with Crippen molar-refractivity contribution < 1.29 is 4.79 Å². The van der Waals surface area contributed by atoms with E-state index in [9.17, 15) is 10.1 Å². The number of rotatable bonds is 6. The number of carbonyl (C=O) groups excluding carboxylic acids is 1. The lowest BCUT2D eigenvalue weighted by atomic mass is 9.53. The number of nitriles is 1. The molecule has 1 amide bonds. The van der Waals surface area contributed by atoms with E-state index in [-0.39, 0.29) is 17.2 Å². The zero-order valence-corrected chi connectivity index (χ0v) is 20.6. The summed E-state index contributed by atoms with van der Waals surface area (Å²) in [7, 11) is 0. The van der Waals surface area contributed by atoms with Crippen LogP contribution in [0.25, 0.3) is 21.7 Å². The van der Waals surface area contributed by atoms with Crippen molar-refractivity contribution in [2.75, 3.05) is 5.75 Å². The maximum Gasteiger partial charge on any atom is 0.230 e.